The molecule has 1 saturated carbocycles. The molecule has 1 heterocycles. The molecule has 1 aliphatic carbocycles. The number of allylic oxidation sites excluding steroid dienone is 1. The Labute approximate surface area is 188 Å². The summed E-state index contributed by atoms with van der Waals surface area (Å²) in [6.07, 6.45) is 5.67. The first-order valence-corrected chi connectivity index (χ1v) is 11.7. The normalized spacial score (nSPS) is 27.9. The van der Waals surface area contributed by atoms with Crippen LogP contribution in [0.25, 0.3) is 0 Å². The lowest BCUT2D eigenvalue weighted by atomic mass is 9.74. The lowest BCUT2D eigenvalue weighted by Gasteiger charge is -2.36. The number of hydrogen-bond donors (Lipinski definition) is 0. The number of rotatable bonds is 10. The summed E-state index contributed by atoms with van der Waals surface area (Å²) in [6.45, 7) is 6.08. The van der Waals surface area contributed by atoms with E-state index in [4.69, 9.17) is 14.2 Å². The first kappa shape index (κ1) is 25.2. The molecular formula is C25H34F4O3. The molecule has 0 spiro atoms. The summed E-state index contributed by atoms with van der Waals surface area (Å²) in [5, 5.41) is 0. The fourth-order valence-corrected chi connectivity index (χ4v) is 4.60. The molecule has 180 valence electrons. The van der Waals surface area contributed by atoms with Crippen LogP contribution in [0.3, 0.4) is 0 Å². The summed E-state index contributed by atoms with van der Waals surface area (Å²) in [4.78, 5) is 0. The van der Waals surface area contributed by atoms with Gasteiger partial charge in [-0.3, -0.25) is 0 Å². The van der Waals surface area contributed by atoms with Gasteiger partial charge in [-0.2, -0.15) is 0 Å². The molecule has 0 radical (unpaired) electrons. The zero-order valence-corrected chi connectivity index (χ0v) is 18.8. The average Bonchev–Trinajstić information content (AvgIpc) is 2.78. The van der Waals surface area contributed by atoms with Crippen LogP contribution in [0.5, 0.6) is 0 Å². The number of halogens is 4. The lowest BCUT2D eigenvalue weighted by molar-refractivity contribution is -0.229. The van der Waals surface area contributed by atoms with Gasteiger partial charge in [0.1, 0.15) is 6.10 Å². The van der Waals surface area contributed by atoms with E-state index in [1.807, 2.05) is 6.92 Å². The number of ether oxygens (including phenoxy) is 3. The topological polar surface area (TPSA) is 27.7 Å². The molecule has 0 amide bonds. The van der Waals surface area contributed by atoms with E-state index in [1.54, 1.807) is 6.08 Å². The van der Waals surface area contributed by atoms with Crippen LogP contribution in [0, 0.1) is 17.6 Å². The zero-order valence-electron chi connectivity index (χ0n) is 18.8. The van der Waals surface area contributed by atoms with Crippen molar-refractivity contribution in [3.63, 3.8) is 0 Å². The minimum Gasteiger partial charge on any atom is -0.369 e. The van der Waals surface area contributed by atoms with E-state index >= 15 is 0 Å². The molecule has 0 bridgehead atoms. The van der Waals surface area contributed by atoms with E-state index in [0.717, 1.165) is 25.7 Å². The molecule has 0 N–H and O–H groups in total. The molecule has 2 aliphatic rings. The maximum absolute atomic E-state index is 14.8. The predicted molar refractivity (Wildman–Crippen MR) is 115 cm³/mol. The van der Waals surface area contributed by atoms with Gasteiger partial charge in [0, 0.05) is 18.4 Å². The van der Waals surface area contributed by atoms with Gasteiger partial charge in [-0.1, -0.05) is 44.4 Å². The summed E-state index contributed by atoms with van der Waals surface area (Å²) in [5.41, 5.74) is -0.237. The van der Waals surface area contributed by atoms with Crippen molar-refractivity contribution < 1.29 is 31.8 Å². The highest BCUT2D eigenvalue weighted by atomic mass is 19.3. The third kappa shape index (κ3) is 6.33. The SMILES string of the molecule is C=CCCC1OCC(OCc2ccc(C3CCC(CCCC)CC3(F)F)c(F)c2F)CO1. The standard InChI is InChI=1S/C25H34F4O3/c1-3-5-7-17-9-12-21(25(28,29)13-17)20-11-10-18(23(26)24(20)27)14-30-19-15-31-22(32-16-19)8-6-4-2/h4,10-11,17,19,21-22H,2-3,5-9,12-16H2,1H3. The van der Waals surface area contributed by atoms with Crippen molar-refractivity contribution in [1.82, 2.24) is 0 Å². The van der Waals surface area contributed by atoms with Crippen molar-refractivity contribution in [2.75, 3.05) is 13.2 Å². The molecule has 0 aromatic heterocycles. The largest absolute Gasteiger partial charge is 0.369 e. The van der Waals surface area contributed by atoms with Crippen molar-refractivity contribution in [3.05, 3.63) is 47.5 Å². The fraction of sp³-hybridized carbons (Fsp3) is 0.680. The van der Waals surface area contributed by atoms with Gasteiger partial charge in [0.05, 0.1) is 25.7 Å². The van der Waals surface area contributed by atoms with Crippen molar-refractivity contribution in [2.24, 2.45) is 5.92 Å². The average molecular weight is 459 g/mol. The van der Waals surface area contributed by atoms with E-state index in [-0.39, 0.29) is 56.0 Å². The Bertz CT molecular complexity index is 747. The van der Waals surface area contributed by atoms with E-state index in [9.17, 15) is 17.6 Å². The third-order valence-electron chi connectivity index (χ3n) is 6.48. The molecular weight excluding hydrogens is 424 g/mol. The highest BCUT2D eigenvalue weighted by molar-refractivity contribution is 5.30. The van der Waals surface area contributed by atoms with Crippen LogP contribution in [-0.4, -0.2) is 31.5 Å². The summed E-state index contributed by atoms with van der Waals surface area (Å²) in [5.74, 6) is -6.70. The van der Waals surface area contributed by atoms with Gasteiger partial charge in [0.15, 0.2) is 17.9 Å². The Kier molecular flexibility index (Phi) is 9.14. The van der Waals surface area contributed by atoms with Crippen LogP contribution in [0.2, 0.25) is 0 Å². The molecule has 2 unspecified atom stereocenters. The molecule has 1 aliphatic heterocycles. The minimum atomic E-state index is -3.04. The highest BCUT2D eigenvalue weighted by Crippen LogP contribution is 2.48. The molecule has 1 aromatic rings. The third-order valence-corrected chi connectivity index (χ3v) is 6.48. The summed E-state index contributed by atoms with van der Waals surface area (Å²) >= 11 is 0. The molecule has 2 atom stereocenters. The van der Waals surface area contributed by atoms with Crippen LogP contribution in [-0.2, 0) is 20.8 Å². The van der Waals surface area contributed by atoms with E-state index in [2.05, 4.69) is 6.58 Å². The Balaban J connectivity index is 1.58. The Hall–Kier alpha value is -1.44. The van der Waals surface area contributed by atoms with Crippen molar-refractivity contribution in [1.29, 1.82) is 0 Å². The van der Waals surface area contributed by atoms with Crippen LogP contribution < -0.4 is 0 Å². The van der Waals surface area contributed by atoms with E-state index in [0.29, 0.717) is 12.8 Å². The molecule has 3 rings (SSSR count). The molecule has 32 heavy (non-hydrogen) atoms. The maximum atomic E-state index is 14.8. The summed E-state index contributed by atoms with van der Waals surface area (Å²) in [7, 11) is 0. The Morgan fingerprint density at radius 1 is 1.12 bits per heavy atom. The quantitative estimate of drug-likeness (QED) is 0.282. The smallest absolute Gasteiger partial charge is 0.255 e. The van der Waals surface area contributed by atoms with E-state index < -0.39 is 29.6 Å². The van der Waals surface area contributed by atoms with Gasteiger partial charge in [0.2, 0.25) is 0 Å². The molecule has 7 heteroatoms. The second-order valence-corrected chi connectivity index (χ2v) is 8.94. The van der Waals surface area contributed by atoms with Gasteiger partial charge in [0.25, 0.3) is 5.92 Å². The summed E-state index contributed by atoms with van der Waals surface area (Å²) < 4.78 is 75.8. The van der Waals surface area contributed by atoms with Crippen LogP contribution in [0.15, 0.2) is 24.8 Å². The minimum absolute atomic E-state index is 0.0000195. The first-order chi connectivity index (χ1) is 15.4. The van der Waals surface area contributed by atoms with E-state index in [1.165, 1.54) is 12.1 Å². The Morgan fingerprint density at radius 2 is 1.88 bits per heavy atom. The number of alkyl halides is 2. The summed E-state index contributed by atoms with van der Waals surface area (Å²) in [6, 6.07) is 2.64. The second kappa shape index (κ2) is 11.6. The van der Waals surface area contributed by atoms with Crippen LogP contribution >= 0.6 is 0 Å². The van der Waals surface area contributed by atoms with Gasteiger partial charge in [-0.15, -0.1) is 6.58 Å². The van der Waals surface area contributed by atoms with Gasteiger partial charge in [-0.25, -0.2) is 17.6 Å². The predicted octanol–water partition coefficient (Wildman–Crippen LogP) is 6.90. The van der Waals surface area contributed by atoms with Crippen molar-refractivity contribution in [3.8, 4) is 0 Å². The number of benzene rings is 1. The highest BCUT2D eigenvalue weighted by Gasteiger charge is 2.46. The maximum Gasteiger partial charge on any atom is 0.255 e. The molecule has 1 aromatic carbocycles. The first-order valence-electron chi connectivity index (χ1n) is 11.7. The zero-order chi connectivity index (χ0) is 23.1. The monoisotopic (exact) mass is 458 g/mol. The molecule has 2 fully saturated rings. The van der Waals surface area contributed by atoms with Crippen LogP contribution in [0.1, 0.15) is 75.3 Å². The van der Waals surface area contributed by atoms with Gasteiger partial charge in [-0.05, 0) is 30.7 Å². The molecule has 3 nitrogen and oxygen atoms in total. The molecule has 1 saturated heterocycles. The second-order valence-electron chi connectivity index (χ2n) is 8.94. The van der Waals surface area contributed by atoms with Gasteiger partial charge >= 0.3 is 0 Å². The fourth-order valence-electron chi connectivity index (χ4n) is 4.60. The lowest BCUT2D eigenvalue weighted by Crippen LogP contribution is -2.37. The number of unbranched alkanes of at least 4 members (excludes halogenated alkanes) is 1. The number of hydrogen-bond acceptors (Lipinski definition) is 3. The van der Waals surface area contributed by atoms with Crippen molar-refractivity contribution >= 4 is 0 Å². The van der Waals surface area contributed by atoms with Gasteiger partial charge < -0.3 is 14.2 Å². The van der Waals surface area contributed by atoms with Crippen LogP contribution in [0.4, 0.5) is 17.6 Å². The Morgan fingerprint density at radius 3 is 2.53 bits per heavy atom. The van der Waals surface area contributed by atoms with Crippen molar-refractivity contribution in [2.45, 2.75) is 89.1 Å².